The quantitative estimate of drug-likeness (QED) is 0.889. The first-order valence-corrected chi connectivity index (χ1v) is 7.80. The standard InChI is InChI=1S/C17H21N3O3/c1-4-8-23-16-11(6-5-7-13(16)22-3)12-9-14(21)18-17-15(12)10(2)19-20-17/h5-7,12H,4,8-9H2,1-3H3,(H2,18,19,20,21)/t12-/m0/s1. The zero-order valence-electron chi connectivity index (χ0n) is 13.6. The zero-order valence-corrected chi connectivity index (χ0v) is 13.6. The van der Waals surface area contributed by atoms with Crippen LogP contribution in [0.4, 0.5) is 5.82 Å². The summed E-state index contributed by atoms with van der Waals surface area (Å²) >= 11 is 0. The molecule has 2 N–H and O–H groups in total. The smallest absolute Gasteiger partial charge is 0.226 e. The van der Waals surface area contributed by atoms with Crippen LogP contribution in [0.2, 0.25) is 0 Å². The van der Waals surface area contributed by atoms with Gasteiger partial charge in [0.05, 0.1) is 13.7 Å². The fourth-order valence-electron chi connectivity index (χ4n) is 3.02. The number of aromatic amines is 1. The van der Waals surface area contributed by atoms with Crippen molar-refractivity contribution < 1.29 is 14.3 Å². The van der Waals surface area contributed by atoms with E-state index in [0.717, 1.165) is 23.2 Å². The molecule has 0 unspecified atom stereocenters. The van der Waals surface area contributed by atoms with Gasteiger partial charge >= 0.3 is 0 Å². The fraction of sp³-hybridized carbons (Fsp3) is 0.412. The van der Waals surface area contributed by atoms with Crippen molar-refractivity contribution in [1.29, 1.82) is 0 Å². The Morgan fingerprint density at radius 2 is 2.22 bits per heavy atom. The maximum absolute atomic E-state index is 12.1. The van der Waals surface area contributed by atoms with E-state index in [1.807, 2.05) is 25.1 Å². The number of amides is 1. The van der Waals surface area contributed by atoms with Crippen LogP contribution >= 0.6 is 0 Å². The largest absolute Gasteiger partial charge is 0.493 e. The van der Waals surface area contributed by atoms with Gasteiger partial charge in [0, 0.05) is 29.2 Å². The van der Waals surface area contributed by atoms with Crippen LogP contribution in [0.3, 0.4) is 0 Å². The molecule has 0 aliphatic carbocycles. The van der Waals surface area contributed by atoms with Crippen LogP contribution in [0.5, 0.6) is 11.5 Å². The molecule has 0 bridgehead atoms. The van der Waals surface area contributed by atoms with E-state index in [1.165, 1.54) is 0 Å². The zero-order chi connectivity index (χ0) is 16.4. The predicted molar refractivity (Wildman–Crippen MR) is 87.2 cm³/mol. The molecule has 1 aliphatic rings. The van der Waals surface area contributed by atoms with E-state index in [2.05, 4.69) is 22.4 Å². The Morgan fingerprint density at radius 1 is 1.39 bits per heavy atom. The number of nitrogens with one attached hydrogen (secondary N) is 2. The first-order valence-electron chi connectivity index (χ1n) is 7.80. The summed E-state index contributed by atoms with van der Waals surface area (Å²) in [4.78, 5) is 12.1. The van der Waals surface area contributed by atoms with Crippen LogP contribution in [-0.4, -0.2) is 29.8 Å². The molecule has 1 aromatic heterocycles. The third kappa shape index (κ3) is 2.76. The summed E-state index contributed by atoms with van der Waals surface area (Å²) in [6.07, 6.45) is 1.27. The van der Waals surface area contributed by atoms with E-state index in [4.69, 9.17) is 9.47 Å². The molecule has 122 valence electrons. The van der Waals surface area contributed by atoms with E-state index in [1.54, 1.807) is 7.11 Å². The van der Waals surface area contributed by atoms with Gasteiger partial charge < -0.3 is 14.8 Å². The summed E-state index contributed by atoms with van der Waals surface area (Å²) in [5.74, 6) is 1.86. The molecule has 0 spiro atoms. The minimum absolute atomic E-state index is 0.0433. The Morgan fingerprint density at radius 3 is 2.96 bits per heavy atom. The number of methoxy groups -OCH3 is 1. The van der Waals surface area contributed by atoms with Gasteiger partial charge in [0.15, 0.2) is 17.3 Å². The van der Waals surface area contributed by atoms with Crippen molar-refractivity contribution in [2.45, 2.75) is 32.6 Å². The molecule has 1 atom stereocenters. The van der Waals surface area contributed by atoms with Crippen molar-refractivity contribution in [1.82, 2.24) is 10.2 Å². The van der Waals surface area contributed by atoms with Gasteiger partial charge in [-0.25, -0.2) is 0 Å². The Kier molecular flexibility index (Phi) is 4.23. The lowest BCUT2D eigenvalue weighted by Crippen LogP contribution is -2.24. The number of aryl methyl sites for hydroxylation is 1. The molecule has 2 heterocycles. The summed E-state index contributed by atoms with van der Waals surface area (Å²) in [5.41, 5.74) is 2.92. The third-order valence-corrected chi connectivity index (χ3v) is 4.05. The number of H-pyrrole nitrogens is 1. The molecule has 0 radical (unpaired) electrons. The second-order valence-electron chi connectivity index (χ2n) is 5.64. The maximum Gasteiger partial charge on any atom is 0.226 e. The van der Waals surface area contributed by atoms with Gasteiger partial charge in [0.1, 0.15) is 0 Å². The second kappa shape index (κ2) is 6.32. The highest BCUT2D eigenvalue weighted by Crippen LogP contribution is 2.44. The van der Waals surface area contributed by atoms with Crippen LogP contribution in [0.1, 0.15) is 42.5 Å². The van der Waals surface area contributed by atoms with Gasteiger partial charge in [-0.3, -0.25) is 9.89 Å². The van der Waals surface area contributed by atoms with Gasteiger partial charge in [-0.2, -0.15) is 5.10 Å². The number of carbonyl (C=O) groups is 1. The number of anilines is 1. The van der Waals surface area contributed by atoms with E-state index < -0.39 is 0 Å². The van der Waals surface area contributed by atoms with Crippen LogP contribution in [-0.2, 0) is 4.79 Å². The number of hydrogen-bond donors (Lipinski definition) is 2. The van der Waals surface area contributed by atoms with Gasteiger partial charge in [-0.1, -0.05) is 19.1 Å². The minimum Gasteiger partial charge on any atom is -0.493 e. The summed E-state index contributed by atoms with van der Waals surface area (Å²) in [7, 11) is 1.63. The molecule has 23 heavy (non-hydrogen) atoms. The Hall–Kier alpha value is -2.50. The summed E-state index contributed by atoms with van der Waals surface area (Å²) < 4.78 is 11.4. The highest BCUT2D eigenvalue weighted by atomic mass is 16.5. The van der Waals surface area contributed by atoms with Crippen molar-refractivity contribution in [3.63, 3.8) is 0 Å². The monoisotopic (exact) mass is 315 g/mol. The SMILES string of the molecule is CCCOc1c(OC)cccc1[C@@H]1CC(=O)Nc2n[nH]c(C)c21. The van der Waals surface area contributed by atoms with E-state index in [-0.39, 0.29) is 11.8 Å². The molecular weight excluding hydrogens is 294 g/mol. The molecule has 0 saturated heterocycles. The number of ether oxygens (including phenoxy) is 2. The van der Waals surface area contributed by atoms with Gasteiger partial charge in [-0.05, 0) is 19.4 Å². The Labute approximate surface area is 135 Å². The molecule has 1 aromatic carbocycles. The number of hydrogen-bond acceptors (Lipinski definition) is 4. The number of carbonyl (C=O) groups excluding carboxylic acids is 1. The maximum atomic E-state index is 12.1. The summed E-state index contributed by atoms with van der Waals surface area (Å²) in [6, 6.07) is 5.79. The van der Waals surface area contributed by atoms with Crippen molar-refractivity contribution in [3.8, 4) is 11.5 Å². The molecule has 2 aromatic rings. The van der Waals surface area contributed by atoms with Crippen molar-refractivity contribution in [2.75, 3.05) is 19.0 Å². The highest BCUT2D eigenvalue weighted by Gasteiger charge is 2.33. The molecule has 6 heteroatoms. The molecule has 6 nitrogen and oxygen atoms in total. The fourth-order valence-corrected chi connectivity index (χ4v) is 3.02. The predicted octanol–water partition coefficient (Wildman–Crippen LogP) is 2.99. The van der Waals surface area contributed by atoms with Gasteiger partial charge in [0.25, 0.3) is 0 Å². The normalized spacial score (nSPS) is 16.7. The number of aromatic nitrogens is 2. The number of benzene rings is 1. The Bertz CT molecular complexity index is 724. The van der Waals surface area contributed by atoms with Crippen molar-refractivity contribution >= 4 is 11.7 Å². The lowest BCUT2D eigenvalue weighted by molar-refractivity contribution is -0.116. The molecule has 3 rings (SSSR count). The molecule has 0 saturated carbocycles. The first-order chi connectivity index (χ1) is 11.2. The summed E-state index contributed by atoms with van der Waals surface area (Å²) in [6.45, 7) is 4.62. The minimum atomic E-state index is -0.0977. The number of para-hydroxylation sites is 1. The van der Waals surface area contributed by atoms with Crippen LogP contribution in [0, 0.1) is 6.92 Å². The van der Waals surface area contributed by atoms with Crippen molar-refractivity contribution in [3.05, 3.63) is 35.0 Å². The number of rotatable bonds is 5. The molecule has 1 amide bonds. The lowest BCUT2D eigenvalue weighted by atomic mass is 9.85. The lowest BCUT2D eigenvalue weighted by Gasteiger charge is -2.25. The van der Waals surface area contributed by atoms with E-state index in [0.29, 0.717) is 30.3 Å². The average molecular weight is 315 g/mol. The topological polar surface area (TPSA) is 76.2 Å². The first kappa shape index (κ1) is 15.4. The van der Waals surface area contributed by atoms with Gasteiger partial charge in [-0.15, -0.1) is 0 Å². The van der Waals surface area contributed by atoms with Crippen molar-refractivity contribution in [2.24, 2.45) is 0 Å². The molecule has 1 aliphatic heterocycles. The number of nitrogens with zero attached hydrogens (tertiary/aromatic N) is 1. The van der Waals surface area contributed by atoms with Gasteiger partial charge in [0.2, 0.25) is 5.91 Å². The third-order valence-electron chi connectivity index (χ3n) is 4.05. The molecular formula is C17H21N3O3. The van der Waals surface area contributed by atoms with Crippen LogP contribution in [0.25, 0.3) is 0 Å². The number of fused-ring (bicyclic) bond motifs is 1. The van der Waals surface area contributed by atoms with Crippen LogP contribution < -0.4 is 14.8 Å². The summed E-state index contributed by atoms with van der Waals surface area (Å²) in [5, 5.41) is 9.96. The van der Waals surface area contributed by atoms with E-state index in [9.17, 15) is 4.79 Å². The second-order valence-corrected chi connectivity index (χ2v) is 5.64. The molecule has 0 fully saturated rings. The van der Waals surface area contributed by atoms with E-state index >= 15 is 0 Å². The highest BCUT2D eigenvalue weighted by molar-refractivity contribution is 5.94. The van der Waals surface area contributed by atoms with Crippen LogP contribution in [0.15, 0.2) is 18.2 Å². The Balaban J connectivity index is 2.11. The average Bonchev–Trinajstić information content (AvgIpc) is 2.92.